The zero-order chi connectivity index (χ0) is 17.8. The van der Waals surface area contributed by atoms with Crippen molar-refractivity contribution >= 4 is 17.5 Å². The summed E-state index contributed by atoms with van der Waals surface area (Å²) in [5.41, 5.74) is 2.77. The van der Waals surface area contributed by atoms with Gasteiger partial charge in [0, 0.05) is 23.8 Å². The minimum absolute atomic E-state index is 0.00258. The molecule has 25 heavy (non-hydrogen) atoms. The van der Waals surface area contributed by atoms with Crippen LogP contribution >= 0.6 is 11.6 Å². The highest BCUT2D eigenvalue weighted by Crippen LogP contribution is 2.35. The average molecular weight is 360 g/mol. The molecule has 0 fully saturated rings. The normalized spacial score (nSPS) is 15.9. The van der Waals surface area contributed by atoms with Crippen molar-refractivity contribution in [2.75, 3.05) is 27.2 Å². The Morgan fingerprint density at radius 1 is 1.36 bits per heavy atom. The van der Waals surface area contributed by atoms with Gasteiger partial charge in [-0.2, -0.15) is 0 Å². The number of carbonyl (C=O) groups is 1. The van der Waals surface area contributed by atoms with Gasteiger partial charge in [-0.3, -0.25) is 4.79 Å². The van der Waals surface area contributed by atoms with Crippen LogP contribution in [0.25, 0.3) is 0 Å². The van der Waals surface area contributed by atoms with Crippen molar-refractivity contribution < 1.29 is 9.53 Å². The molecule has 1 aromatic heterocycles. The molecule has 1 aliphatic rings. The number of hydrogen-bond acceptors (Lipinski definition) is 4. The first-order chi connectivity index (χ1) is 12.0. The molecule has 0 aliphatic heterocycles. The number of nitrogens with one attached hydrogen (secondary N) is 1. The van der Waals surface area contributed by atoms with Crippen LogP contribution in [-0.4, -0.2) is 43.0 Å². The van der Waals surface area contributed by atoms with Crippen LogP contribution in [-0.2, 0) is 6.42 Å². The standard InChI is InChI=1S/C19H22ClN3O2/c1-23(2)10-11-25-18-9-6-13(12-21-18)19(24)22-17-8-7-14-15(17)4-3-5-16(14)20/h3-6,9,12,17H,7-8,10-11H2,1-2H3,(H,22,24). The minimum Gasteiger partial charge on any atom is -0.476 e. The van der Waals surface area contributed by atoms with E-state index < -0.39 is 0 Å². The Morgan fingerprint density at radius 2 is 2.20 bits per heavy atom. The predicted molar refractivity (Wildman–Crippen MR) is 98.3 cm³/mol. The molecule has 1 unspecified atom stereocenters. The van der Waals surface area contributed by atoms with Crippen LogP contribution in [0.5, 0.6) is 5.88 Å². The first kappa shape index (κ1) is 17.7. The Morgan fingerprint density at radius 3 is 2.92 bits per heavy atom. The van der Waals surface area contributed by atoms with Crippen LogP contribution in [0.15, 0.2) is 36.5 Å². The summed E-state index contributed by atoms with van der Waals surface area (Å²) in [7, 11) is 3.97. The monoisotopic (exact) mass is 359 g/mol. The fraction of sp³-hybridized carbons (Fsp3) is 0.368. The molecule has 1 amide bonds. The Kier molecular flexibility index (Phi) is 5.56. The number of hydrogen-bond donors (Lipinski definition) is 1. The van der Waals surface area contributed by atoms with E-state index in [2.05, 4.69) is 10.3 Å². The Labute approximate surface area is 153 Å². The van der Waals surface area contributed by atoms with E-state index in [1.54, 1.807) is 18.3 Å². The fourth-order valence-electron chi connectivity index (χ4n) is 2.93. The van der Waals surface area contributed by atoms with Crippen molar-refractivity contribution in [3.63, 3.8) is 0 Å². The quantitative estimate of drug-likeness (QED) is 0.861. The molecular weight excluding hydrogens is 338 g/mol. The predicted octanol–water partition coefficient (Wildman–Crippen LogP) is 3.09. The summed E-state index contributed by atoms with van der Waals surface area (Å²) < 4.78 is 5.55. The van der Waals surface area contributed by atoms with Crippen molar-refractivity contribution in [1.82, 2.24) is 15.2 Å². The summed E-state index contributed by atoms with van der Waals surface area (Å²) in [5, 5.41) is 3.84. The number of halogens is 1. The third-order valence-corrected chi connectivity index (χ3v) is 4.66. The molecular formula is C19H22ClN3O2. The molecule has 1 atom stereocenters. The van der Waals surface area contributed by atoms with Gasteiger partial charge in [-0.1, -0.05) is 23.7 Å². The van der Waals surface area contributed by atoms with Gasteiger partial charge in [-0.05, 0) is 50.2 Å². The maximum atomic E-state index is 12.5. The highest BCUT2D eigenvalue weighted by atomic mass is 35.5. The number of nitrogens with zero attached hydrogens (tertiary/aromatic N) is 2. The molecule has 1 heterocycles. The Balaban J connectivity index is 1.60. The number of rotatable bonds is 6. The van der Waals surface area contributed by atoms with Crippen LogP contribution in [0, 0.1) is 0 Å². The van der Waals surface area contributed by atoms with Gasteiger partial charge in [-0.15, -0.1) is 0 Å². The van der Waals surface area contributed by atoms with Crippen molar-refractivity contribution in [2.24, 2.45) is 0 Å². The maximum absolute atomic E-state index is 12.5. The fourth-order valence-corrected chi connectivity index (χ4v) is 3.21. The average Bonchev–Trinajstić information content (AvgIpc) is 2.99. The zero-order valence-corrected chi connectivity index (χ0v) is 15.2. The Hall–Kier alpha value is -2.11. The molecule has 0 bridgehead atoms. The second kappa shape index (κ2) is 7.85. The van der Waals surface area contributed by atoms with E-state index in [0.717, 1.165) is 35.5 Å². The number of benzene rings is 1. The van der Waals surface area contributed by atoms with Crippen LogP contribution in [0.2, 0.25) is 5.02 Å². The third-order valence-electron chi connectivity index (χ3n) is 4.31. The number of aromatic nitrogens is 1. The first-order valence-electron chi connectivity index (χ1n) is 8.36. The van der Waals surface area contributed by atoms with Gasteiger partial charge in [0.05, 0.1) is 11.6 Å². The van der Waals surface area contributed by atoms with Crippen molar-refractivity contribution in [3.05, 3.63) is 58.2 Å². The van der Waals surface area contributed by atoms with E-state index in [1.807, 2.05) is 37.2 Å². The lowest BCUT2D eigenvalue weighted by atomic mass is 10.1. The molecule has 6 heteroatoms. The first-order valence-corrected chi connectivity index (χ1v) is 8.74. The highest BCUT2D eigenvalue weighted by molar-refractivity contribution is 6.31. The van der Waals surface area contributed by atoms with Gasteiger partial charge in [0.25, 0.3) is 5.91 Å². The van der Waals surface area contributed by atoms with Crippen LogP contribution in [0.4, 0.5) is 0 Å². The molecule has 132 valence electrons. The summed E-state index contributed by atoms with van der Waals surface area (Å²) in [6.07, 6.45) is 3.30. The van der Waals surface area contributed by atoms with E-state index in [4.69, 9.17) is 16.3 Å². The van der Waals surface area contributed by atoms with E-state index in [9.17, 15) is 4.79 Å². The molecule has 0 radical (unpaired) electrons. The van der Waals surface area contributed by atoms with Crippen LogP contribution < -0.4 is 10.1 Å². The molecule has 1 aromatic carbocycles. The second-order valence-electron chi connectivity index (χ2n) is 6.41. The van der Waals surface area contributed by atoms with Gasteiger partial charge < -0.3 is 15.0 Å². The molecule has 0 spiro atoms. The smallest absolute Gasteiger partial charge is 0.253 e. The highest BCUT2D eigenvalue weighted by Gasteiger charge is 2.25. The van der Waals surface area contributed by atoms with E-state index in [0.29, 0.717) is 18.1 Å². The van der Waals surface area contributed by atoms with Gasteiger partial charge in [0.15, 0.2) is 0 Å². The van der Waals surface area contributed by atoms with Crippen LogP contribution in [0.3, 0.4) is 0 Å². The van der Waals surface area contributed by atoms with E-state index >= 15 is 0 Å². The lowest BCUT2D eigenvalue weighted by molar-refractivity contribution is 0.0936. The van der Waals surface area contributed by atoms with E-state index in [1.165, 1.54) is 0 Å². The summed E-state index contributed by atoms with van der Waals surface area (Å²) in [6, 6.07) is 9.30. The van der Waals surface area contributed by atoms with Gasteiger partial charge in [0.2, 0.25) is 5.88 Å². The zero-order valence-electron chi connectivity index (χ0n) is 14.5. The summed E-state index contributed by atoms with van der Waals surface area (Å²) in [4.78, 5) is 18.7. The summed E-state index contributed by atoms with van der Waals surface area (Å²) in [5.74, 6) is 0.390. The maximum Gasteiger partial charge on any atom is 0.253 e. The summed E-state index contributed by atoms with van der Waals surface area (Å²) >= 11 is 6.23. The summed E-state index contributed by atoms with van der Waals surface area (Å²) in [6.45, 7) is 1.37. The second-order valence-corrected chi connectivity index (χ2v) is 6.82. The number of amides is 1. The minimum atomic E-state index is -0.134. The molecule has 3 rings (SSSR count). The van der Waals surface area contributed by atoms with Gasteiger partial charge in [0.1, 0.15) is 6.61 Å². The van der Waals surface area contributed by atoms with Crippen LogP contribution in [0.1, 0.15) is 33.9 Å². The topological polar surface area (TPSA) is 54.5 Å². The van der Waals surface area contributed by atoms with Crippen molar-refractivity contribution in [3.8, 4) is 5.88 Å². The molecule has 1 N–H and O–H groups in total. The Bertz CT molecular complexity index is 747. The number of carbonyl (C=O) groups excluding carboxylic acids is 1. The molecule has 0 saturated carbocycles. The lowest BCUT2D eigenvalue weighted by Gasteiger charge is -2.14. The number of likely N-dealkylation sites (N-methyl/N-ethyl adjacent to an activating group) is 1. The number of fused-ring (bicyclic) bond motifs is 1. The third kappa shape index (κ3) is 4.30. The number of ether oxygens (including phenoxy) is 1. The molecule has 0 saturated heterocycles. The van der Waals surface area contributed by atoms with E-state index in [-0.39, 0.29) is 11.9 Å². The molecule has 1 aliphatic carbocycles. The number of pyridine rings is 1. The lowest BCUT2D eigenvalue weighted by Crippen LogP contribution is -2.27. The van der Waals surface area contributed by atoms with Crippen molar-refractivity contribution in [2.45, 2.75) is 18.9 Å². The molecule has 5 nitrogen and oxygen atoms in total. The molecule has 2 aromatic rings. The van der Waals surface area contributed by atoms with Gasteiger partial charge in [-0.25, -0.2) is 4.98 Å². The van der Waals surface area contributed by atoms with Gasteiger partial charge >= 0.3 is 0 Å². The van der Waals surface area contributed by atoms with Crippen molar-refractivity contribution in [1.29, 1.82) is 0 Å². The largest absolute Gasteiger partial charge is 0.476 e. The SMILES string of the molecule is CN(C)CCOc1ccc(C(=O)NC2CCc3c(Cl)cccc32)cn1.